The number of ether oxygens (including phenoxy) is 1. The van der Waals surface area contributed by atoms with Crippen molar-refractivity contribution in [3.8, 4) is 23.0 Å². The molecule has 190 valence electrons. The van der Waals surface area contributed by atoms with E-state index in [1.807, 2.05) is 6.07 Å². The maximum absolute atomic E-state index is 6.69. The molecule has 6 aromatic rings. The zero-order valence-corrected chi connectivity index (χ0v) is 21.8. The first kappa shape index (κ1) is 21.9. The minimum absolute atomic E-state index is 0.0203. The highest BCUT2D eigenvalue weighted by Crippen LogP contribution is 2.44. The van der Waals surface area contributed by atoms with E-state index in [4.69, 9.17) is 14.7 Å². The predicted octanol–water partition coefficient (Wildman–Crippen LogP) is 6.33. The molecule has 0 spiro atoms. The average Bonchev–Trinajstić information content (AvgIpc) is 3.58. The van der Waals surface area contributed by atoms with Crippen molar-refractivity contribution in [1.29, 1.82) is 0 Å². The second-order valence-electron chi connectivity index (χ2n) is 10.8. The van der Waals surface area contributed by atoms with Crippen LogP contribution < -0.4 is 15.3 Å². The van der Waals surface area contributed by atoms with Gasteiger partial charge < -0.3 is 4.74 Å². The van der Waals surface area contributed by atoms with Crippen molar-refractivity contribution in [2.24, 2.45) is 5.92 Å². The number of fused-ring (bicyclic) bond motifs is 9. The lowest BCUT2D eigenvalue weighted by molar-refractivity contribution is 0.247. The quantitative estimate of drug-likeness (QED) is 0.253. The van der Waals surface area contributed by atoms with Gasteiger partial charge in [-0.1, -0.05) is 97.1 Å². The van der Waals surface area contributed by atoms with E-state index in [2.05, 4.69) is 114 Å². The Morgan fingerprint density at radius 2 is 1.52 bits per heavy atom. The fourth-order valence-corrected chi connectivity index (χ4v) is 7.00. The molecule has 2 aliphatic carbocycles. The first-order valence-corrected chi connectivity index (χ1v) is 14.0. The molecule has 3 aliphatic rings. The molecule has 2 atom stereocenters. The summed E-state index contributed by atoms with van der Waals surface area (Å²) >= 11 is 0. The van der Waals surface area contributed by atoms with E-state index in [9.17, 15) is 0 Å². The molecule has 3 heterocycles. The number of rotatable bonds is 2. The van der Waals surface area contributed by atoms with Crippen LogP contribution in [0.15, 0.2) is 115 Å². The van der Waals surface area contributed by atoms with Crippen LogP contribution in [-0.2, 0) is 0 Å². The van der Waals surface area contributed by atoms with E-state index in [1.165, 1.54) is 32.7 Å². The standard InChI is InChI=1S/C36H25N3O/c1-2-12-22(13-3-1)33-25-16-6-9-19-28(25)37-36(38-33)39-29-20-10-7-17-26(29)31-32-27-18-8-11-21-30(27)40-35(32)24-15-5-4-14-23(24)34(31)39/h1-3,5-13,15-21,24,35H,4,14H2. The molecule has 0 bridgehead atoms. The highest BCUT2D eigenvalue weighted by molar-refractivity contribution is 5.95. The molecule has 0 fully saturated rings. The Morgan fingerprint density at radius 3 is 2.45 bits per heavy atom. The van der Waals surface area contributed by atoms with E-state index in [0.717, 1.165) is 46.3 Å². The van der Waals surface area contributed by atoms with Crippen LogP contribution in [0, 0.1) is 5.92 Å². The molecule has 0 radical (unpaired) electrons. The molecule has 4 aromatic carbocycles. The van der Waals surface area contributed by atoms with Gasteiger partial charge in [0.1, 0.15) is 11.9 Å². The minimum atomic E-state index is -0.0203. The second kappa shape index (κ2) is 8.27. The van der Waals surface area contributed by atoms with Crippen molar-refractivity contribution in [2.45, 2.75) is 18.9 Å². The summed E-state index contributed by atoms with van der Waals surface area (Å²) in [5.74, 6) is 1.86. The van der Waals surface area contributed by atoms with Crippen molar-refractivity contribution >= 4 is 33.0 Å². The summed E-state index contributed by atoms with van der Waals surface area (Å²) in [6.07, 6.45) is 6.67. The summed E-state index contributed by atoms with van der Waals surface area (Å²) in [6, 6.07) is 36.0. The molecule has 2 unspecified atom stereocenters. The van der Waals surface area contributed by atoms with Crippen LogP contribution >= 0.6 is 0 Å². The van der Waals surface area contributed by atoms with Gasteiger partial charge in [-0.25, -0.2) is 9.97 Å². The largest absolute Gasteiger partial charge is 0.484 e. The minimum Gasteiger partial charge on any atom is -0.484 e. The summed E-state index contributed by atoms with van der Waals surface area (Å²) < 4.78 is 9.01. The SMILES string of the molecule is C1=CC2C(=c3c(c4ccccc4n3-c3nc(-c4ccccc4)c4ccccc4n3)=C3c4ccccc4OC32)CC1. The molecule has 4 nitrogen and oxygen atoms in total. The Bertz CT molecular complexity index is 2160. The number of hydrogen-bond acceptors (Lipinski definition) is 3. The molecule has 4 heteroatoms. The van der Waals surface area contributed by atoms with E-state index in [-0.39, 0.29) is 12.0 Å². The lowest BCUT2D eigenvalue weighted by atomic mass is 9.78. The number of aromatic nitrogens is 3. The highest BCUT2D eigenvalue weighted by atomic mass is 16.5. The maximum atomic E-state index is 6.69. The van der Waals surface area contributed by atoms with E-state index < -0.39 is 0 Å². The molecule has 0 saturated carbocycles. The van der Waals surface area contributed by atoms with Crippen LogP contribution in [0.25, 0.3) is 50.2 Å². The van der Waals surface area contributed by atoms with Gasteiger partial charge in [0.05, 0.1) is 22.1 Å². The normalized spacial score (nSPS) is 18.8. The van der Waals surface area contributed by atoms with Gasteiger partial charge in [-0.3, -0.25) is 4.57 Å². The van der Waals surface area contributed by atoms with E-state index >= 15 is 0 Å². The molecule has 1 aliphatic heterocycles. The summed E-state index contributed by atoms with van der Waals surface area (Å²) in [7, 11) is 0. The smallest absolute Gasteiger partial charge is 0.235 e. The van der Waals surface area contributed by atoms with Gasteiger partial charge in [0.15, 0.2) is 0 Å². The lowest BCUT2D eigenvalue weighted by Gasteiger charge is -2.30. The average molecular weight is 516 g/mol. The van der Waals surface area contributed by atoms with Crippen molar-refractivity contribution in [2.75, 3.05) is 0 Å². The van der Waals surface area contributed by atoms with Crippen LogP contribution in [0.5, 0.6) is 5.75 Å². The van der Waals surface area contributed by atoms with E-state index in [0.29, 0.717) is 5.95 Å². The van der Waals surface area contributed by atoms with Crippen LogP contribution in [0.3, 0.4) is 0 Å². The molecule has 40 heavy (non-hydrogen) atoms. The molecule has 0 N–H and O–H groups in total. The number of allylic oxidation sites excluding steroid dienone is 1. The number of nitrogens with zero attached hydrogens (tertiary/aromatic N) is 3. The van der Waals surface area contributed by atoms with Crippen molar-refractivity contribution in [1.82, 2.24) is 14.5 Å². The van der Waals surface area contributed by atoms with Gasteiger partial charge in [0.2, 0.25) is 5.95 Å². The zero-order chi connectivity index (χ0) is 26.2. The highest BCUT2D eigenvalue weighted by Gasteiger charge is 2.41. The van der Waals surface area contributed by atoms with Crippen molar-refractivity contribution < 1.29 is 4.74 Å². The predicted molar refractivity (Wildman–Crippen MR) is 160 cm³/mol. The number of hydrogen-bond donors (Lipinski definition) is 0. The third-order valence-electron chi connectivity index (χ3n) is 8.65. The summed E-state index contributed by atoms with van der Waals surface area (Å²) in [4.78, 5) is 10.5. The summed E-state index contributed by atoms with van der Waals surface area (Å²) in [6.45, 7) is 0. The molecule has 2 aromatic heterocycles. The maximum Gasteiger partial charge on any atom is 0.235 e. The van der Waals surface area contributed by atoms with Crippen LogP contribution in [0.1, 0.15) is 18.4 Å². The van der Waals surface area contributed by atoms with E-state index in [1.54, 1.807) is 0 Å². The molecule has 9 rings (SSSR count). The third-order valence-corrected chi connectivity index (χ3v) is 8.65. The molecular formula is C36H25N3O. The van der Waals surface area contributed by atoms with Crippen LogP contribution in [0.4, 0.5) is 0 Å². The van der Waals surface area contributed by atoms with Crippen molar-refractivity contribution in [3.05, 3.63) is 131 Å². The van der Waals surface area contributed by atoms with Gasteiger partial charge in [-0.2, -0.15) is 0 Å². The fourth-order valence-electron chi connectivity index (χ4n) is 7.00. The van der Waals surface area contributed by atoms with Gasteiger partial charge in [0.25, 0.3) is 0 Å². The first-order valence-electron chi connectivity index (χ1n) is 14.0. The molecule has 0 saturated heterocycles. The number of para-hydroxylation sites is 3. The summed E-state index contributed by atoms with van der Waals surface area (Å²) in [5.41, 5.74) is 8.00. The fraction of sp³-hybridized carbons (Fsp3) is 0.111. The van der Waals surface area contributed by atoms with Gasteiger partial charge in [0, 0.05) is 38.6 Å². The Labute approximate surface area is 231 Å². The Balaban J connectivity index is 1.48. The van der Waals surface area contributed by atoms with Crippen LogP contribution in [0.2, 0.25) is 0 Å². The Morgan fingerprint density at radius 1 is 0.750 bits per heavy atom. The first-order chi connectivity index (χ1) is 19.9. The van der Waals surface area contributed by atoms with Gasteiger partial charge in [-0.05, 0) is 36.6 Å². The zero-order valence-electron chi connectivity index (χ0n) is 21.8. The molecular weight excluding hydrogens is 490 g/mol. The molecule has 0 amide bonds. The lowest BCUT2D eigenvalue weighted by Crippen LogP contribution is -2.45. The number of benzene rings is 4. The monoisotopic (exact) mass is 515 g/mol. The van der Waals surface area contributed by atoms with Crippen LogP contribution in [-0.4, -0.2) is 20.6 Å². The summed E-state index contributed by atoms with van der Waals surface area (Å²) in [5, 5.41) is 4.78. The third kappa shape index (κ3) is 2.96. The second-order valence-corrected chi connectivity index (χ2v) is 10.8. The van der Waals surface area contributed by atoms with Crippen molar-refractivity contribution in [3.63, 3.8) is 0 Å². The Kier molecular flexibility index (Phi) is 4.53. The topological polar surface area (TPSA) is 39.9 Å². The Hall–Kier alpha value is -4.96. The van der Waals surface area contributed by atoms with Gasteiger partial charge in [-0.15, -0.1) is 0 Å². The van der Waals surface area contributed by atoms with Gasteiger partial charge >= 0.3 is 0 Å².